The Kier molecular flexibility index (Phi) is 2.25. The van der Waals surface area contributed by atoms with Crippen LogP contribution in [-0.4, -0.2) is 24.4 Å². The number of aliphatic hydroxyl groups excluding tert-OH is 1. The minimum atomic E-state index is -1.08. The van der Waals surface area contributed by atoms with E-state index in [-0.39, 0.29) is 24.7 Å². The first-order valence-corrected chi connectivity index (χ1v) is 4.10. The quantitative estimate of drug-likeness (QED) is 0.741. The highest BCUT2D eigenvalue weighted by Gasteiger charge is 2.25. The van der Waals surface area contributed by atoms with Gasteiger partial charge in [0.05, 0.1) is 6.61 Å². The van der Waals surface area contributed by atoms with Crippen molar-refractivity contribution >= 4 is 0 Å². The standard InChI is InChI=1S/C9H8F2O3/c10-6-1-2-7-9(8(6)11)14-5(3-12)4-13-7/h1-2,5,12H,3-4H2/t5-/m0/s1. The molecule has 0 aromatic heterocycles. The van der Waals surface area contributed by atoms with Gasteiger partial charge in [-0.05, 0) is 12.1 Å². The predicted octanol–water partition coefficient (Wildman–Crippen LogP) is 1.10. The van der Waals surface area contributed by atoms with Crippen molar-refractivity contribution in [1.82, 2.24) is 0 Å². The van der Waals surface area contributed by atoms with Crippen molar-refractivity contribution in [2.45, 2.75) is 6.10 Å². The van der Waals surface area contributed by atoms with Crippen LogP contribution in [0, 0.1) is 11.6 Å². The van der Waals surface area contributed by atoms with E-state index in [1.165, 1.54) is 6.07 Å². The van der Waals surface area contributed by atoms with Crippen LogP contribution < -0.4 is 9.47 Å². The third-order valence-corrected chi connectivity index (χ3v) is 1.93. The van der Waals surface area contributed by atoms with Crippen LogP contribution in [0.2, 0.25) is 0 Å². The van der Waals surface area contributed by atoms with Crippen molar-refractivity contribution in [3.63, 3.8) is 0 Å². The number of hydrogen-bond donors (Lipinski definition) is 1. The highest BCUT2D eigenvalue weighted by Crippen LogP contribution is 2.35. The second-order valence-electron chi connectivity index (χ2n) is 2.92. The van der Waals surface area contributed by atoms with Crippen LogP contribution in [0.15, 0.2) is 12.1 Å². The monoisotopic (exact) mass is 202 g/mol. The lowest BCUT2D eigenvalue weighted by atomic mass is 10.2. The fourth-order valence-corrected chi connectivity index (χ4v) is 1.21. The number of halogens is 2. The average Bonchev–Trinajstić information content (AvgIpc) is 2.23. The first kappa shape index (κ1) is 9.21. The Balaban J connectivity index is 2.38. The van der Waals surface area contributed by atoms with Gasteiger partial charge in [-0.25, -0.2) is 4.39 Å². The molecule has 0 spiro atoms. The molecule has 0 saturated heterocycles. The van der Waals surface area contributed by atoms with Crippen LogP contribution in [0.3, 0.4) is 0 Å². The van der Waals surface area contributed by atoms with Crippen LogP contribution in [0.1, 0.15) is 0 Å². The molecule has 1 atom stereocenters. The fraction of sp³-hybridized carbons (Fsp3) is 0.333. The molecule has 1 aliphatic rings. The van der Waals surface area contributed by atoms with Gasteiger partial charge in [-0.15, -0.1) is 0 Å². The lowest BCUT2D eigenvalue weighted by molar-refractivity contribution is 0.0410. The highest BCUT2D eigenvalue weighted by atomic mass is 19.2. The lowest BCUT2D eigenvalue weighted by Crippen LogP contribution is -2.32. The highest BCUT2D eigenvalue weighted by molar-refractivity contribution is 5.42. The summed E-state index contributed by atoms with van der Waals surface area (Å²) in [5, 5.41) is 8.76. The van der Waals surface area contributed by atoms with E-state index < -0.39 is 17.7 Å². The van der Waals surface area contributed by atoms with Crippen molar-refractivity contribution in [2.24, 2.45) is 0 Å². The Hall–Kier alpha value is -1.36. The molecule has 0 bridgehead atoms. The molecule has 1 N–H and O–H groups in total. The zero-order valence-electron chi connectivity index (χ0n) is 7.17. The molecule has 0 amide bonds. The normalized spacial score (nSPS) is 19.5. The van der Waals surface area contributed by atoms with Gasteiger partial charge >= 0.3 is 0 Å². The Morgan fingerprint density at radius 3 is 2.93 bits per heavy atom. The maximum absolute atomic E-state index is 13.1. The van der Waals surface area contributed by atoms with Crippen molar-refractivity contribution < 1.29 is 23.4 Å². The Morgan fingerprint density at radius 2 is 2.21 bits per heavy atom. The minimum Gasteiger partial charge on any atom is -0.486 e. The summed E-state index contributed by atoms with van der Waals surface area (Å²) < 4.78 is 36.0. The number of fused-ring (bicyclic) bond motifs is 1. The molecule has 14 heavy (non-hydrogen) atoms. The Bertz CT molecular complexity index is 354. The molecular formula is C9H8F2O3. The van der Waals surface area contributed by atoms with E-state index in [9.17, 15) is 8.78 Å². The molecular weight excluding hydrogens is 194 g/mol. The predicted molar refractivity (Wildman–Crippen MR) is 43.4 cm³/mol. The summed E-state index contributed by atoms with van der Waals surface area (Å²) in [7, 11) is 0. The van der Waals surface area contributed by atoms with Gasteiger partial charge < -0.3 is 14.6 Å². The van der Waals surface area contributed by atoms with E-state index in [2.05, 4.69) is 0 Å². The number of benzene rings is 1. The van der Waals surface area contributed by atoms with Gasteiger partial charge in [0, 0.05) is 0 Å². The first-order valence-electron chi connectivity index (χ1n) is 4.10. The molecule has 0 radical (unpaired) electrons. The van der Waals surface area contributed by atoms with E-state index >= 15 is 0 Å². The number of ether oxygens (including phenoxy) is 2. The molecule has 1 aliphatic heterocycles. The molecule has 0 unspecified atom stereocenters. The second-order valence-corrected chi connectivity index (χ2v) is 2.92. The first-order chi connectivity index (χ1) is 6.72. The molecule has 76 valence electrons. The average molecular weight is 202 g/mol. The van der Waals surface area contributed by atoms with Gasteiger partial charge in [0.2, 0.25) is 11.6 Å². The molecule has 0 fully saturated rings. The van der Waals surface area contributed by atoms with Gasteiger partial charge in [-0.1, -0.05) is 0 Å². The fourth-order valence-electron chi connectivity index (χ4n) is 1.21. The minimum absolute atomic E-state index is 0.134. The molecule has 0 aliphatic carbocycles. The summed E-state index contributed by atoms with van der Waals surface area (Å²) in [6.07, 6.45) is -0.640. The Morgan fingerprint density at radius 1 is 1.43 bits per heavy atom. The van der Waals surface area contributed by atoms with Crippen molar-refractivity contribution in [3.8, 4) is 11.5 Å². The van der Waals surface area contributed by atoms with Crippen LogP contribution in [0.4, 0.5) is 8.78 Å². The Labute approximate surface area is 78.9 Å². The van der Waals surface area contributed by atoms with Crippen molar-refractivity contribution in [3.05, 3.63) is 23.8 Å². The topological polar surface area (TPSA) is 38.7 Å². The number of aliphatic hydroxyl groups is 1. The van der Waals surface area contributed by atoms with Gasteiger partial charge in [0.15, 0.2) is 17.7 Å². The summed E-state index contributed by atoms with van der Waals surface area (Å²) in [5.74, 6) is -2.18. The zero-order chi connectivity index (χ0) is 10.1. The molecule has 0 saturated carbocycles. The molecule has 3 nitrogen and oxygen atoms in total. The van der Waals surface area contributed by atoms with Gasteiger partial charge in [0.25, 0.3) is 0 Å². The SMILES string of the molecule is OC[C@H]1COc2ccc(F)c(F)c2O1. The molecule has 1 aromatic carbocycles. The van der Waals surface area contributed by atoms with E-state index in [1.54, 1.807) is 0 Å². The summed E-state index contributed by atoms with van der Waals surface area (Å²) >= 11 is 0. The van der Waals surface area contributed by atoms with Gasteiger partial charge in [0.1, 0.15) is 6.61 Å². The molecule has 2 rings (SSSR count). The van der Waals surface area contributed by atoms with Crippen molar-refractivity contribution in [1.29, 1.82) is 0 Å². The lowest BCUT2D eigenvalue weighted by Gasteiger charge is -2.25. The van der Waals surface area contributed by atoms with E-state index in [4.69, 9.17) is 14.6 Å². The largest absolute Gasteiger partial charge is 0.486 e. The maximum atomic E-state index is 13.1. The smallest absolute Gasteiger partial charge is 0.204 e. The molecule has 5 heteroatoms. The van der Waals surface area contributed by atoms with E-state index in [0.29, 0.717) is 0 Å². The number of rotatable bonds is 1. The molecule has 1 aromatic rings. The summed E-state index contributed by atoms with van der Waals surface area (Å²) in [5.41, 5.74) is 0. The van der Waals surface area contributed by atoms with Crippen LogP contribution in [-0.2, 0) is 0 Å². The van der Waals surface area contributed by atoms with E-state index in [0.717, 1.165) is 6.07 Å². The second kappa shape index (κ2) is 3.42. The van der Waals surface area contributed by atoms with Gasteiger partial charge in [-0.2, -0.15) is 4.39 Å². The van der Waals surface area contributed by atoms with Crippen LogP contribution in [0.5, 0.6) is 11.5 Å². The summed E-state index contributed by atoms with van der Waals surface area (Å²) in [4.78, 5) is 0. The third kappa shape index (κ3) is 1.39. The molecule has 1 heterocycles. The zero-order valence-corrected chi connectivity index (χ0v) is 7.17. The third-order valence-electron chi connectivity index (χ3n) is 1.93. The van der Waals surface area contributed by atoms with Crippen molar-refractivity contribution in [2.75, 3.05) is 13.2 Å². The van der Waals surface area contributed by atoms with Crippen LogP contribution in [0.25, 0.3) is 0 Å². The summed E-state index contributed by atoms with van der Waals surface area (Å²) in [6, 6.07) is 2.26. The van der Waals surface area contributed by atoms with Crippen LogP contribution >= 0.6 is 0 Å². The van der Waals surface area contributed by atoms with E-state index in [1.807, 2.05) is 0 Å². The van der Waals surface area contributed by atoms with Gasteiger partial charge in [-0.3, -0.25) is 0 Å². The number of hydrogen-bond acceptors (Lipinski definition) is 3. The summed E-state index contributed by atoms with van der Waals surface area (Å²) in [6.45, 7) is -0.163. The maximum Gasteiger partial charge on any atom is 0.204 e.